The van der Waals surface area contributed by atoms with Crippen LogP contribution in [0.4, 0.5) is 5.82 Å². The highest BCUT2D eigenvalue weighted by Crippen LogP contribution is 2.24. The molecule has 1 fully saturated rings. The van der Waals surface area contributed by atoms with E-state index in [1.165, 1.54) is 13.4 Å². The average Bonchev–Trinajstić information content (AvgIpc) is 3.29. The lowest BCUT2D eigenvalue weighted by Gasteiger charge is -2.35. The summed E-state index contributed by atoms with van der Waals surface area (Å²) in [5, 5.41) is 5.12. The van der Waals surface area contributed by atoms with Crippen LogP contribution in [0.3, 0.4) is 0 Å². The first-order valence-electron chi connectivity index (χ1n) is 8.82. The Labute approximate surface area is 156 Å². The smallest absolute Gasteiger partial charge is 0.327 e. The Morgan fingerprint density at radius 2 is 2.00 bits per heavy atom. The van der Waals surface area contributed by atoms with Crippen LogP contribution in [0.1, 0.15) is 5.82 Å². The first-order chi connectivity index (χ1) is 13.2. The Hall–Kier alpha value is -3.01. The number of carbonyl (C=O) groups excluding carboxylic acids is 1. The van der Waals surface area contributed by atoms with Crippen LogP contribution in [0.5, 0.6) is 0 Å². The van der Waals surface area contributed by atoms with Crippen molar-refractivity contribution in [2.24, 2.45) is 7.05 Å². The summed E-state index contributed by atoms with van der Waals surface area (Å²) in [6.45, 7) is 4.45. The van der Waals surface area contributed by atoms with E-state index in [0.717, 1.165) is 49.8 Å². The van der Waals surface area contributed by atoms with Crippen molar-refractivity contribution in [3.63, 3.8) is 0 Å². The molecule has 0 bridgehead atoms. The Balaban J connectivity index is 1.47. The summed E-state index contributed by atoms with van der Waals surface area (Å²) in [7, 11) is 3.38. The normalized spacial score (nSPS) is 15.4. The molecule has 0 amide bonds. The number of aromatic nitrogens is 6. The van der Waals surface area contributed by atoms with Gasteiger partial charge in [0.1, 0.15) is 24.5 Å². The molecule has 1 aliphatic rings. The summed E-state index contributed by atoms with van der Waals surface area (Å²) in [4.78, 5) is 29.3. The third kappa shape index (κ3) is 3.47. The molecule has 0 saturated carbocycles. The fourth-order valence-corrected chi connectivity index (χ4v) is 3.30. The van der Waals surface area contributed by atoms with Crippen molar-refractivity contribution in [1.29, 1.82) is 0 Å². The number of anilines is 1. The Morgan fingerprint density at radius 3 is 2.70 bits per heavy atom. The van der Waals surface area contributed by atoms with E-state index in [2.05, 4.69) is 34.4 Å². The number of nitrogens with zero attached hydrogens (tertiary/aromatic N) is 8. The lowest BCUT2D eigenvalue weighted by atomic mass is 10.2. The van der Waals surface area contributed by atoms with Crippen LogP contribution in [0.25, 0.3) is 11.0 Å². The van der Waals surface area contributed by atoms with Crippen LogP contribution in [-0.4, -0.2) is 73.5 Å². The topological polar surface area (TPSA) is 94.2 Å². The second-order valence-electron chi connectivity index (χ2n) is 6.53. The first kappa shape index (κ1) is 17.4. The summed E-state index contributed by atoms with van der Waals surface area (Å²) >= 11 is 0. The molecule has 0 aliphatic carbocycles. The van der Waals surface area contributed by atoms with Gasteiger partial charge in [0, 0.05) is 45.6 Å². The third-order valence-corrected chi connectivity index (χ3v) is 4.88. The SMILES string of the molecule is COC(=O)Cn1ncc2c(N3CCN(Cc4nccn4C)CC3)ncnc21. The number of methoxy groups -OCH3 is 1. The van der Waals surface area contributed by atoms with Crippen molar-refractivity contribution < 1.29 is 9.53 Å². The predicted molar refractivity (Wildman–Crippen MR) is 98.0 cm³/mol. The number of imidazole rings is 1. The van der Waals surface area contributed by atoms with E-state index in [-0.39, 0.29) is 12.5 Å². The van der Waals surface area contributed by atoms with E-state index in [0.29, 0.717) is 5.65 Å². The Kier molecular flexibility index (Phi) is 4.71. The minimum atomic E-state index is -0.358. The minimum Gasteiger partial charge on any atom is -0.468 e. The molecular formula is C17H22N8O2. The third-order valence-electron chi connectivity index (χ3n) is 4.88. The molecular weight excluding hydrogens is 348 g/mol. The number of piperazine rings is 1. The fraction of sp³-hybridized carbons (Fsp3) is 0.471. The summed E-state index contributed by atoms with van der Waals surface area (Å²) < 4.78 is 8.31. The van der Waals surface area contributed by atoms with E-state index in [4.69, 9.17) is 4.74 Å². The molecule has 0 spiro atoms. The highest BCUT2D eigenvalue weighted by molar-refractivity contribution is 5.87. The molecule has 4 heterocycles. The maximum atomic E-state index is 11.6. The largest absolute Gasteiger partial charge is 0.468 e. The van der Waals surface area contributed by atoms with Gasteiger partial charge in [-0.05, 0) is 0 Å². The van der Waals surface area contributed by atoms with Gasteiger partial charge in [0.05, 0.1) is 25.2 Å². The first-order valence-corrected chi connectivity index (χ1v) is 8.82. The van der Waals surface area contributed by atoms with E-state index < -0.39 is 0 Å². The van der Waals surface area contributed by atoms with E-state index in [1.54, 1.807) is 10.9 Å². The predicted octanol–water partition coefficient (Wildman–Crippen LogP) is 0.0550. The summed E-state index contributed by atoms with van der Waals surface area (Å²) in [6.07, 6.45) is 7.03. The number of aryl methyl sites for hydroxylation is 1. The fourth-order valence-electron chi connectivity index (χ4n) is 3.30. The molecule has 0 aromatic carbocycles. The van der Waals surface area contributed by atoms with Crippen molar-refractivity contribution in [3.8, 4) is 0 Å². The molecule has 0 radical (unpaired) electrons. The van der Waals surface area contributed by atoms with Crippen LogP contribution in [0, 0.1) is 0 Å². The number of ether oxygens (including phenoxy) is 1. The summed E-state index contributed by atoms with van der Waals surface area (Å²) in [5.41, 5.74) is 0.640. The van der Waals surface area contributed by atoms with Gasteiger partial charge in [-0.15, -0.1) is 0 Å². The van der Waals surface area contributed by atoms with Gasteiger partial charge < -0.3 is 14.2 Å². The van der Waals surface area contributed by atoms with Crippen LogP contribution >= 0.6 is 0 Å². The molecule has 142 valence electrons. The van der Waals surface area contributed by atoms with Gasteiger partial charge >= 0.3 is 5.97 Å². The van der Waals surface area contributed by atoms with E-state index >= 15 is 0 Å². The molecule has 1 saturated heterocycles. The molecule has 27 heavy (non-hydrogen) atoms. The molecule has 3 aromatic rings. The number of esters is 1. The van der Waals surface area contributed by atoms with Gasteiger partial charge in [-0.25, -0.2) is 19.6 Å². The van der Waals surface area contributed by atoms with Gasteiger partial charge in [0.15, 0.2) is 5.65 Å². The van der Waals surface area contributed by atoms with Crippen molar-refractivity contribution in [1.82, 2.24) is 34.2 Å². The van der Waals surface area contributed by atoms with Gasteiger partial charge in [-0.3, -0.25) is 9.69 Å². The maximum Gasteiger partial charge on any atom is 0.327 e. The second-order valence-corrected chi connectivity index (χ2v) is 6.53. The monoisotopic (exact) mass is 370 g/mol. The molecule has 4 rings (SSSR count). The van der Waals surface area contributed by atoms with Crippen molar-refractivity contribution in [2.45, 2.75) is 13.1 Å². The number of hydrogen-bond acceptors (Lipinski definition) is 8. The zero-order chi connectivity index (χ0) is 18.8. The van der Waals surface area contributed by atoms with Crippen molar-refractivity contribution in [2.75, 3.05) is 38.2 Å². The zero-order valence-corrected chi connectivity index (χ0v) is 15.4. The van der Waals surface area contributed by atoms with Crippen molar-refractivity contribution in [3.05, 3.63) is 30.7 Å². The van der Waals surface area contributed by atoms with Gasteiger partial charge in [-0.2, -0.15) is 5.10 Å². The van der Waals surface area contributed by atoms with E-state index in [1.807, 2.05) is 19.4 Å². The zero-order valence-electron chi connectivity index (χ0n) is 15.4. The van der Waals surface area contributed by atoms with Gasteiger partial charge in [0.25, 0.3) is 0 Å². The highest BCUT2D eigenvalue weighted by atomic mass is 16.5. The molecule has 3 aromatic heterocycles. The summed E-state index contributed by atoms with van der Waals surface area (Å²) in [5.74, 6) is 1.56. The molecule has 1 aliphatic heterocycles. The van der Waals surface area contributed by atoms with Crippen molar-refractivity contribution >= 4 is 22.8 Å². The number of hydrogen-bond donors (Lipinski definition) is 0. The highest BCUT2D eigenvalue weighted by Gasteiger charge is 2.22. The molecule has 0 N–H and O–H groups in total. The van der Waals surface area contributed by atoms with Gasteiger partial charge in [-0.1, -0.05) is 0 Å². The number of rotatable bonds is 5. The van der Waals surface area contributed by atoms with Crippen LogP contribution in [0.2, 0.25) is 0 Å². The Morgan fingerprint density at radius 1 is 1.19 bits per heavy atom. The standard InChI is InChI=1S/C17H22N8O2/c1-22-4-3-18-14(22)10-23-5-7-24(8-6-23)16-13-9-21-25(11-15(26)27-2)17(13)20-12-19-16/h3-4,9,12H,5-8,10-11H2,1-2H3. The number of carbonyl (C=O) groups is 1. The average molecular weight is 370 g/mol. The second kappa shape index (κ2) is 7.31. The molecule has 0 unspecified atom stereocenters. The maximum absolute atomic E-state index is 11.6. The Bertz CT molecular complexity index is 941. The van der Waals surface area contributed by atoms with Crippen LogP contribution < -0.4 is 4.90 Å². The minimum absolute atomic E-state index is 0.0356. The molecule has 10 nitrogen and oxygen atoms in total. The van der Waals surface area contributed by atoms with Crippen LogP contribution in [0.15, 0.2) is 24.9 Å². The quantitative estimate of drug-likeness (QED) is 0.582. The molecule has 0 atom stereocenters. The number of fused-ring (bicyclic) bond motifs is 1. The van der Waals surface area contributed by atoms with E-state index in [9.17, 15) is 4.79 Å². The van der Waals surface area contributed by atoms with Gasteiger partial charge in [0.2, 0.25) is 0 Å². The lowest BCUT2D eigenvalue weighted by molar-refractivity contribution is -0.141. The molecule has 10 heteroatoms. The lowest BCUT2D eigenvalue weighted by Crippen LogP contribution is -2.46. The summed E-state index contributed by atoms with van der Waals surface area (Å²) in [6, 6.07) is 0. The van der Waals surface area contributed by atoms with Crippen LogP contribution in [-0.2, 0) is 29.7 Å².